The Kier molecular flexibility index (Phi) is 4.33. The van der Waals surface area contributed by atoms with Crippen LogP contribution in [0.1, 0.15) is 11.1 Å². The van der Waals surface area contributed by atoms with E-state index in [0.717, 1.165) is 12.1 Å². The average molecular weight is 291 g/mol. The number of hydrogen-bond acceptors (Lipinski definition) is 2. The number of nitrogens with zero attached hydrogens (tertiary/aromatic N) is 1. The molecular formula is C11H6ClF3N2S. The molecule has 1 aromatic carbocycles. The van der Waals surface area contributed by atoms with Crippen LogP contribution in [0.25, 0.3) is 6.08 Å². The first-order chi connectivity index (χ1) is 8.27. The van der Waals surface area contributed by atoms with Crippen molar-refractivity contribution in [1.82, 2.24) is 0 Å². The van der Waals surface area contributed by atoms with E-state index in [2.05, 4.69) is 12.2 Å². The summed E-state index contributed by atoms with van der Waals surface area (Å²) in [6, 6.07) is 5.07. The van der Waals surface area contributed by atoms with Gasteiger partial charge in [-0.2, -0.15) is 18.4 Å². The first kappa shape index (κ1) is 14.5. The summed E-state index contributed by atoms with van der Waals surface area (Å²) >= 11 is 10.2. The van der Waals surface area contributed by atoms with Crippen molar-refractivity contribution in [3.63, 3.8) is 0 Å². The Bertz CT molecular complexity index is 558. The van der Waals surface area contributed by atoms with E-state index in [9.17, 15) is 13.2 Å². The molecule has 2 nitrogen and oxygen atoms in total. The van der Waals surface area contributed by atoms with Gasteiger partial charge in [0.25, 0.3) is 0 Å². The lowest BCUT2D eigenvalue weighted by Gasteiger charge is -2.10. The van der Waals surface area contributed by atoms with Crippen LogP contribution in [-0.4, -0.2) is 4.99 Å². The summed E-state index contributed by atoms with van der Waals surface area (Å²) in [4.78, 5) is -0.203. The third-order valence-corrected chi connectivity index (χ3v) is 2.66. The van der Waals surface area contributed by atoms with E-state index in [1.807, 2.05) is 0 Å². The Morgan fingerprint density at radius 3 is 2.50 bits per heavy atom. The van der Waals surface area contributed by atoms with E-state index in [4.69, 9.17) is 22.6 Å². The molecule has 7 heteroatoms. The Morgan fingerprint density at radius 2 is 2.06 bits per heavy atom. The minimum atomic E-state index is -4.56. The lowest BCUT2D eigenvalue weighted by Crippen LogP contribution is -2.10. The minimum Gasteiger partial charge on any atom is -0.389 e. The van der Waals surface area contributed by atoms with Crippen LogP contribution in [0.3, 0.4) is 0 Å². The van der Waals surface area contributed by atoms with Gasteiger partial charge in [-0.25, -0.2) is 0 Å². The van der Waals surface area contributed by atoms with Crippen LogP contribution in [0.5, 0.6) is 0 Å². The van der Waals surface area contributed by atoms with Gasteiger partial charge in [0, 0.05) is 0 Å². The number of nitriles is 1. The van der Waals surface area contributed by atoms with Crippen LogP contribution in [0.4, 0.5) is 13.2 Å². The summed E-state index contributed by atoms with van der Waals surface area (Å²) in [6.45, 7) is 0. The molecule has 0 saturated heterocycles. The summed E-state index contributed by atoms with van der Waals surface area (Å²) in [5, 5.41) is 8.24. The Labute approximate surface area is 111 Å². The van der Waals surface area contributed by atoms with E-state index in [-0.39, 0.29) is 16.1 Å². The minimum absolute atomic E-state index is 0.0378. The smallest absolute Gasteiger partial charge is 0.389 e. The highest BCUT2D eigenvalue weighted by molar-refractivity contribution is 7.80. The van der Waals surface area contributed by atoms with Gasteiger partial charge in [-0.05, 0) is 17.7 Å². The molecule has 0 radical (unpaired) electrons. The second-order valence-corrected chi connectivity index (χ2v) is 4.06. The average Bonchev–Trinajstić information content (AvgIpc) is 2.25. The molecule has 0 aliphatic rings. The molecule has 0 bridgehead atoms. The summed E-state index contributed by atoms with van der Waals surface area (Å²) in [6.07, 6.45) is -3.43. The topological polar surface area (TPSA) is 49.8 Å². The maximum atomic E-state index is 12.6. The van der Waals surface area contributed by atoms with Crippen molar-refractivity contribution in [1.29, 1.82) is 5.26 Å². The SMILES string of the molecule is N#CC(=Cc1cccc(C(F)(F)F)c1Cl)C(N)=S. The van der Waals surface area contributed by atoms with Gasteiger partial charge in [-0.3, -0.25) is 0 Å². The maximum absolute atomic E-state index is 12.6. The van der Waals surface area contributed by atoms with Gasteiger partial charge in [0.2, 0.25) is 0 Å². The molecule has 0 saturated carbocycles. The Morgan fingerprint density at radius 1 is 1.44 bits per heavy atom. The largest absolute Gasteiger partial charge is 0.417 e. The number of halogens is 4. The maximum Gasteiger partial charge on any atom is 0.417 e. The van der Waals surface area contributed by atoms with Crippen molar-refractivity contribution in [3.05, 3.63) is 39.9 Å². The molecule has 94 valence electrons. The molecule has 2 N–H and O–H groups in total. The lowest BCUT2D eigenvalue weighted by molar-refractivity contribution is -0.137. The number of rotatable bonds is 2. The van der Waals surface area contributed by atoms with Gasteiger partial charge in [-0.15, -0.1) is 0 Å². The number of nitrogens with two attached hydrogens (primary N) is 1. The molecule has 0 amide bonds. The second kappa shape index (κ2) is 5.38. The van der Waals surface area contributed by atoms with Crippen LogP contribution in [0.2, 0.25) is 5.02 Å². The molecule has 0 unspecified atom stereocenters. The summed E-state index contributed by atoms with van der Waals surface area (Å²) in [5.74, 6) is 0. The lowest BCUT2D eigenvalue weighted by atomic mass is 10.1. The number of hydrogen-bond donors (Lipinski definition) is 1. The third kappa shape index (κ3) is 3.22. The predicted molar refractivity (Wildman–Crippen MR) is 66.8 cm³/mol. The first-order valence-corrected chi connectivity index (χ1v) is 5.33. The van der Waals surface area contributed by atoms with Gasteiger partial charge >= 0.3 is 6.18 Å². The molecule has 0 atom stereocenters. The summed E-state index contributed by atoms with van der Waals surface area (Å²) in [7, 11) is 0. The monoisotopic (exact) mass is 290 g/mol. The van der Waals surface area contributed by atoms with Gasteiger partial charge in [-0.1, -0.05) is 36.0 Å². The predicted octanol–water partition coefficient (Wildman–Crippen LogP) is 3.55. The van der Waals surface area contributed by atoms with Crippen molar-refractivity contribution in [3.8, 4) is 6.07 Å². The van der Waals surface area contributed by atoms with Crippen LogP contribution in [-0.2, 0) is 6.18 Å². The number of benzene rings is 1. The van der Waals surface area contributed by atoms with Crippen molar-refractivity contribution >= 4 is 34.9 Å². The van der Waals surface area contributed by atoms with Crippen LogP contribution < -0.4 is 5.73 Å². The van der Waals surface area contributed by atoms with Gasteiger partial charge < -0.3 is 5.73 Å². The molecule has 0 aromatic heterocycles. The zero-order valence-corrected chi connectivity index (χ0v) is 10.3. The zero-order chi connectivity index (χ0) is 13.9. The highest BCUT2D eigenvalue weighted by atomic mass is 35.5. The Hall–Kier alpha value is -1.58. The van der Waals surface area contributed by atoms with E-state index >= 15 is 0 Å². The van der Waals surface area contributed by atoms with Crippen molar-refractivity contribution in [2.24, 2.45) is 5.73 Å². The molecule has 18 heavy (non-hydrogen) atoms. The van der Waals surface area contributed by atoms with Crippen molar-refractivity contribution < 1.29 is 13.2 Å². The first-order valence-electron chi connectivity index (χ1n) is 4.54. The quantitative estimate of drug-likeness (QED) is 0.515. The molecule has 0 aliphatic heterocycles. The number of alkyl halides is 3. The third-order valence-electron chi connectivity index (χ3n) is 2.02. The molecule has 0 heterocycles. The van der Waals surface area contributed by atoms with Gasteiger partial charge in [0.15, 0.2) is 0 Å². The van der Waals surface area contributed by atoms with E-state index in [1.54, 1.807) is 6.07 Å². The van der Waals surface area contributed by atoms with Gasteiger partial charge in [0.05, 0.1) is 16.2 Å². The van der Waals surface area contributed by atoms with Crippen molar-refractivity contribution in [2.75, 3.05) is 0 Å². The molecule has 1 rings (SSSR count). The molecule has 0 spiro atoms. The Balaban J connectivity index is 3.38. The fourth-order valence-electron chi connectivity index (χ4n) is 1.19. The van der Waals surface area contributed by atoms with E-state index in [1.165, 1.54) is 12.1 Å². The van der Waals surface area contributed by atoms with E-state index < -0.39 is 16.8 Å². The van der Waals surface area contributed by atoms with Crippen LogP contribution in [0, 0.1) is 11.3 Å². The fraction of sp³-hybridized carbons (Fsp3) is 0.0909. The summed E-state index contributed by atoms with van der Waals surface area (Å²) in [5.41, 5.74) is 4.20. The van der Waals surface area contributed by atoms with Crippen LogP contribution >= 0.6 is 23.8 Å². The molecular weight excluding hydrogens is 285 g/mol. The highest BCUT2D eigenvalue weighted by Gasteiger charge is 2.33. The molecule has 0 fully saturated rings. The van der Waals surface area contributed by atoms with E-state index in [0.29, 0.717) is 0 Å². The van der Waals surface area contributed by atoms with Gasteiger partial charge in [0.1, 0.15) is 11.1 Å². The second-order valence-electron chi connectivity index (χ2n) is 3.24. The normalized spacial score (nSPS) is 12.1. The molecule has 0 aliphatic carbocycles. The zero-order valence-electron chi connectivity index (χ0n) is 8.75. The van der Waals surface area contributed by atoms with Crippen LogP contribution in [0.15, 0.2) is 23.8 Å². The van der Waals surface area contributed by atoms with Crippen molar-refractivity contribution in [2.45, 2.75) is 6.18 Å². The fourth-order valence-corrected chi connectivity index (χ4v) is 1.59. The highest BCUT2D eigenvalue weighted by Crippen LogP contribution is 2.36. The molecule has 1 aromatic rings. The summed E-state index contributed by atoms with van der Waals surface area (Å²) < 4.78 is 37.8. The number of thiocarbonyl (C=S) groups is 1. The standard InChI is InChI=1S/C11H6ClF3N2S/c12-9-6(4-7(5-16)10(17)18)2-1-3-8(9)11(13,14)15/h1-4H,(H2,17,18).